The van der Waals surface area contributed by atoms with Crippen molar-refractivity contribution in [1.29, 1.82) is 0 Å². The summed E-state index contributed by atoms with van der Waals surface area (Å²) in [5.41, 5.74) is 1.37. The van der Waals surface area contributed by atoms with Crippen molar-refractivity contribution in [3.8, 4) is 0 Å². The molecule has 1 aliphatic rings. The Morgan fingerprint density at radius 3 is 2.45 bits per heavy atom. The second-order valence-corrected chi connectivity index (χ2v) is 5.88. The fourth-order valence-electron chi connectivity index (χ4n) is 2.90. The standard InChI is InChI=1S/C17H25N3O2/c1-18-17(22)20-15-9-5-8-14(12-15)19-16(21)11-10-13-6-3-2-4-7-13/h5,8-9,12-13H,2-4,6-7,10-11H2,1H3,(H,19,21)(H2,18,20,22). The molecule has 0 radical (unpaired) electrons. The van der Waals surface area contributed by atoms with Crippen molar-refractivity contribution in [3.05, 3.63) is 24.3 Å². The molecule has 2 rings (SSSR count). The SMILES string of the molecule is CNC(=O)Nc1cccc(NC(=O)CCC2CCCCC2)c1. The predicted octanol–water partition coefficient (Wildman–Crippen LogP) is 3.74. The molecule has 3 N–H and O–H groups in total. The van der Waals surface area contributed by atoms with Crippen molar-refractivity contribution >= 4 is 23.3 Å². The molecule has 0 aliphatic heterocycles. The molecule has 3 amide bonds. The molecular formula is C17H25N3O2. The highest BCUT2D eigenvalue weighted by Gasteiger charge is 2.14. The van der Waals surface area contributed by atoms with Gasteiger partial charge in [-0.2, -0.15) is 0 Å². The Labute approximate surface area is 131 Å². The number of nitrogens with one attached hydrogen (secondary N) is 3. The number of hydrogen-bond donors (Lipinski definition) is 3. The Morgan fingerprint density at radius 1 is 1.09 bits per heavy atom. The lowest BCUT2D eigenvalue weighted by molar-refractivity contribution is -0.116. The second kappa shape index (κ2) is 8.41. The van der Waals surface area contributed by atoms with Crippen LogP contribution in [0.15, 0.2) is 24.3 Å². The summed E-state index contributed by atoms with van der Waals surface area (Å²) < 4.78 is 0. The molecule has 1 saturated carbocycles. The zero-order valence-corrected chi connectivity index (χ0v) is 13.2. The molecule has 0 aromatic heterocycles. The number of benzene rings is 1. The molecular weight excluding hydrogens is 278 g/mol. The first kappa shape index (κ1) is 16.3. The molecule has 0 heterocycles. The number of amides is 3. The number of anilines is 2. The summed E-state index contributed by atoms with van der Waals surface area (Å²) in [6, 6.07) is 6.90. The van der Waals surface area contributed by atoms with Crippen LogP contribution < -0.4 is 16.0 Å². The Bertz CT molecular complexity index is 510. The zero-order valence-electron chi connectivity index (χ0n) is 13.2. The molecule has 0 saturated heterocycles. The molecule has 120 valence electrons. The molecule has 0 unspecified atom stereocenters. The van der Waals surface area contributed by atoms with Gasteiger partial charge >= 0.3 is 6.03 Å². The Hall–Kier alpha value is -2.04. The molecule has 0 bridgehead atoms. The van der Waals surface area contributed by atoms with Crippen LogP contribution in [0.2, 0.25) is 0 Å². The Morgan fingerprint density at radius 2 is 1.77 bits per heavy atom. The third-order valence-electron chi connectivity index (χ3n) is 4.14. The minimum absolute atomic E-state index is 0.0441. The largest absolute Gasteiger partial charge is 0.341 e. The lowest BCUT2D eigenvalue weighted by atomic mass is 9.86. The van der Waals surface area contributed by atoms with E-state index in [1.165, 1.54) is 32.1 Å². The maximum atomic E-state index is 12.0. The average Bonchev–Trinajstić information content (AvgIpc) is 2.54. The number of rotatable bonds is 5. The van der Waals surface area contributed by atoms with Crippen molar-refractivity contribution in [1.82, 2.24) is 5.32 Å². The van der Waals surface area contributed by atoms with Gasteiger partial charge in [0.25, 0.3) is 0 Å². The molecule has 0 atom stereocenters. The minimum Gasteiger partial charge on any atom is -0.341 e. The first-order valence-corrected chi connectivity index (χ1v) is 8.06. The Kier molecular flexibility index (Phi) is 6.25. The van der Waals surface area contributed by atoms with E-state index in [-0.39, 0.29) is 11.9 Å². The first-order chi connectivity index (χ1) is 10.7. The van der Waals surface area contributed by atoms with E-state index in [2.05, 4.69) is 16.0 Å². The van der Waals surface area contributed by atoms with E-state index in [0.717, 1.165) is 6.42 Å². The summed E-state index contributed by atoms with van der Waals surface area (Å²) in [5.74, 6) is 0.753. The van der Waals surface area contributed by atoms with Crippen molar-refractivity contribution in [2.24, 2.45) is 5.92 Å². The van der Waals surface area contributed by atoms with E-state index >= 15 is 0 Å². The molecule has 5 nitrogen and oxygen atoms in total. The lowest BCUT2D eigenvalue weighted by Gasteiger charge is -2.21. The second-order valence-electron chi connectivity index (χ2n) is 5.88. The highest BCUT2D eigenvalue weighted by Crippen LogP contribution is 2.27. The van der Waals surface area contributed by atoms with Gasteiger partial charge in [-0.15, -0.1) is 0 Å². The summed E-state index contributed by atoms with van der Waals surface area (Å²) >= 11 is 0. The van der Waals surface area contributed by atoms with E-state index in [4.69, 9.17) is 0 Å². The van der Waals surface area contributed by atoms with Gasteiger partial charge < -0.3 is 16.0 Å². The maximum Gasteiger partial charge on any atom is 0.318 e. The minimum atomic E-state index is -0.277. The van der Waals surface area contributed by atoms with Crippen LogP contribution in [0.25, 0.3) is 0 Å². The highest BCUT2D eigenvalue weighted by atomic mass is 16.2. The molecule has 1 aliphatic carbocycles. The van der Waals surface area contributed by atoms with E-state index in [0.29, 0.717) is 23.7 Å². The van der Waals surface area contributed by atoms with Crippen molar-refractivity contribution in [3.63, 3.8) is 0 Å². The average molecular weight is 303 g/mol. The van der Waals surface area contributed by atoms with Crippen LogP contribution >= 0.6 is 0 Å². The quantitative estimate of drug-likeness (QED) is 0.775. The van der Waals surface area contributed by atoms with Gasteiger partial charge in [0.05, 0.1) is 0 Å². The fraction of sp³-hybridized carbons (Fsp3) is 0.529. The normalized spacial score (nSPS) is 15.1. The van der Waals surface area contributed by atoms with Gasteiger partial charge in [0.1, 0.15) is 0 Å². The van der Waals surface area contributed by atoms with Crippen molar-refractivity contribution in [2.75, 3.05) is 17.7 Å². The first-order valence-electron chi connectivity index (χ1n) is 8.06. The van der Waals surface area contributed by atoms with Crippen LogP contribution in [0.1, 0.15) is 44.9 Å². The molecule has 1 aromatic rings. The van der Waals surface area contributed by atoms with Gasteiger partial charge in [-0.05, 0) is 30.5 Å². The summed E-state index contributed by atoms with van der Waals surface area (Å²) in [6.45, 7) is 0. The van der Waals surface area contributed by atoms with Crippen LogP contribution in [-0.4, -0.2) is 19.0 Å². The highest BCUT2D eigenvalue weighted by molar-refractivity contribution is 5.93. The smallest absolute Gasteiger partial charge is 0.318 e. The third kappa shape index (κ3) is 5.39. The molecule has 1 fully saturated rings. The lowest BCUT2D eigenvalue weighted by Crippen LogP contribution is -2.24. The van der Waals surface area contributed by atoms with E-state index in [1.807, 2.05) is 12.1 Å². The van der Waals surface area contributed by atoms with Crippen molar-refractivity contribution in [2.45, 2.75) is 44.9 Å². The van der Waals surface area contributed by atoms with E-state index in [9.17, 15) is 9.59 Å². The predicted molar refractivity (Wildman–Crippen MR) is 89.0 cm³/mol. The summed E-state index contributed by atoms with van der Waals surface area (Å²) in [5, 5.41) is 8.08. The number of urea groups is 1. The van der Waals surface area contributed by atoms with Crippen LogP contribution in [0.4, 0.5) is 16.2 Å². The molecule has 22 heavy (non-hydrogen) atoms. The van der Waals surface area contributed by atoms with Gasteiger partial charge in [0.2, 0.25) is 5.91 Å². The fourth-order valence-corrected chi connectivity index (χ4v) is 2.90. The van der Waals surface area contributed by atoms with Crippen LogP contribution in [-0.2, 0) is 4.79 Å². The van der Waals surface area contributed by atoms with Crippen LogP contribution in [0, 0.1) is 5.92 Å². The molecule has 1 aromatic carbocycles. The van der Waals surface area contributed by atoms with Gasteiger partial charge in [-0.25, -0.2) is 4.79 Å². The monoisotopic (exact) mass is 303 g/mol. The van der Waals surface area contributed by atoms with Gasteiger partial charge in [-0.1, -0.05) is 38.2 Å². The topological polar surface area (TPSA) is 70.2 Å². The van der Waals surface area contributed by atoms with Crippen molar-refractivity contribution < 1.29 is 9.59 Å². The van der Waals surface area contributed by atoms with Gasteiger partial charge in [0.15, 0.2) is 0 Å². The molecule has 0 spiro atoms. The molecule has 5 heteroatoms. The van der Waals surface area contributed by atoms with Crippen LogP contribution in [0.3, 0.4) is 0 Å². The van der Waals surface area contributed by atoms with Gasteiger partial charge in [0, 0.05) is 24.8 Å². The summed E-state index contributed by atoms with van der Waals surface area (Å²) in [7, 11) is 1.56. The van der Waals surface area contributed by atoms with E-state index in [1.54, 1.807) is 19.2 Å². The summed E-state index contributed by atoms with van der Waals surface area (Å²) in [6.07, 6.45) is 8.02. The third-order valence-corrected chi connectivity index (χ3v) is 4.14. The Balaban J connectivity index is 1.80. The van der Waals surface area contributed by atoms with Crippen LogP contribution in [0.5, 0.6) is 0 Å². The zero-order chi connectivity index (χ0) is 15.8. The maximum absolute atomic E-state index is 12.0. The number of carbonyl (C=O) groups is 2. The number of carbonyl (C=O) groups excluding carboxylic acids is 2. The number of hydrogen-bond acceptors (Lipinski definition) is 2. The summed E-state index contributed by atoms with van der Waals surface area (Å²) in [4.78, 5) is 23.3. The van der Waals surface area contributed by atoms with E-state index < -0.39 is 0 Å². The van der Waals surface area contributed by atoms with Gasteiger partial charge in [-0.3, -0.25) is 4.79 Å².